The second-order valence-corrected chi connectivity index (χ2v) is 5.87. The van der Waals surface area contributed by atoms with Gasteiger partial charge in [0.1, 0.15) is 12.4 Å². The fourth-order valence-corrected chi connectivity index (χ4v) is 2.90. The van der Waals surface area contributed by atoms with Gasteiger partial charge < -0.3 is 10.5 Å². The first-order chi connectivity index (χ1) is 9.63. The summed E-state index contributed by atoms with van der Waals surface area (Å²) in [5.74, 6) is 0.842. The van der Waals surface area contributed by atoms with Gasteiger partial charge in [-0.05, 0) is 54.3 Å². The normalized spacial score (nSPS) is 17.1. The highest BCUT2D eigenvalue weighted by Gasteiger charge is 2.19. The van der Waals surface area contributed by atoms with Crippen LogP contribution in [0.25, 0.3) is 0 Å². The third kappa shape index (κ3) is 2.78. The summed E-state index contributed by atoms with van der Waals surface area (Å²) in [5, 5.41) is 1.32. The zero-order chi connectivity index (χ0) is 14.1. The number of hydrogen-bond acceptors (Lipinski definition) is 2. The van der Waals surface area contributed by atoms with E-state index in [9.17, 15) is 0 Å². The summed E-state index contributed by atoms with van der Waals surface area (Å²) in [7, 11) is 0. The van der Waals surface area contributed by atoms with Crippen molar-refractivity contribution >= 4 is 23.2 Å². The summed E-state index contributed by atoms with van der Waals surface area (Å²) in [4.78, 5) is 0. The van der Waals surface area contributed by atoms with Gasteiger partial charge in [-0.3, -0.25) is 0 Å². The number of rotatable bonds is 3. The fraction of sp³-hybridized carbons (Fsp3) is 0.250. The molecule has 0 saturated carbocycles. The van der Waals surface area contributed by atoms with Crippen LogP contribution in [0, 0.1) is 0 Å². The second kappa shape index (κ2) is 5.65. The topological polar surface area (TPSA) is 35.2 Å². The number of benzene rings is 2. The summed E-state index contributed by atoms with van der Waals surface area (Å²) in [6.45, 7) is 0.407. The van der Waals surface area contributed by atoms with Gasteiger partial charge in [0, 0.05) is 21.7 Å². The molecule has 1 aliphatic carbocycles. The first-order valence-electron chi connectivity index (χ1n) is 6.58. The van der Waals surface area contributed by atoms with Crippen molar-refractivity contribution in [1.82, 2.24) is 0 Å². The zero-order valence-electron chi connectivity index (χ0n) is 10.9. The van der Waals surface area contributed by atoms with Crippen molar-refractivity contribution in [3.05, 3.63) is 63.1 Å². The number of hydrogen-bond donors (Lipinski definition) is 1. The van der Waals surface area contributed by atoms with Crippen LogP contribution in [0.1, 0.15) is 29.2 Å². The van der Waals surface area contributed by atoms with Crippen molar-refractivity contribution in [1.29, 1.82) is 0 Å². The lowest BCUT2D eigenvalue weighted by Gasteiger charge is -2.10. The van der Waals surface area contributed by atoms with E-state index in [2.05, 4.69) is 12.1 Å². The van der Waals surface area contributed by atoms with E-state index < -0.39 is 0 Å². The molecule has 104 valence electrons. The minimum absolute atomic E-state index is 0.168. The van der Waals surface area contributed by atoms with Crippen LogP contribution in [-0.4, -0.2) is 0 Å². The number of nitrogens with two attached hydrogens (primary N) is 1. The minimum Gasteiger partial charge on any atom is -0.489 e. The standard InChI is InChI=1S/C16H15Cl2NO/c17-12-2-5-15(18)11(7-12)9-20-13-3-4-14-10(8-13)1-6-16(14)19/h2-5,7-8,16H,1,6,9,19H2/t16-/m0/s1. The minimum atomic E-state index is 0.168. The summed E-state index contributed by atoms with van der Waals surface area (Å²) in [5.41, 5.74) is 9.43. The molecular weight excluding hydrogens is 293 g/mol. The molecule has 0 bridgehead atoms. The highest BCUT2D eigenvalue weighted by atomic mass is 35.5. The van der Waals surface area contributed by atoms with Crippen LogP contribution in [0.15, 0.2) is 36.4 Å². The van der Waals surface area contributed by atoms with Gasteiger partial charge in [-0.25, -0.2) is 0 Å². The van der Waals surface area contributed by atoms with E-state index in [0.29, 0.717) is 16.7 Å². The first-order valence-corrected chi connectivity index (χ1v) is 7.34. The Morgan fingerprint density at radius 3 is 2.85 bits per heavy atom. The van der Waals surface area contributed by atoms with E-state index in [1.165, 1.54) is 11.1 Å². The predicted octanol–water partition coefficient (Wildman–Crippen LogP) is 4.52. The molecule has 3 rings (SSSR count). The highest BCUT2D eigenvalue weighted by molar-refractivity contribution is 6.33. The van der Waals surface area contributed by atoms with Crippen molar-refractivity contribution in [2.24, 2.45) is 5.73 Å². The molecule has 2 nitrogen and oxygen atoms in total. The van der Waals surface area contributed by atoms with Crippen LogP contribution in [0.4, 0.5) is 0 Å². The molecule has 20 heavy (non-hydrogen) atoms. The quantitative estimate of drug-likeness (QED) is 0.905. The lowest BCUT2D eigenvalue weighted by molar-refractivity contribution is 0.306. The van der Waals surface area contributed by atoms with E-state index in [1.54, 1.807) is 12.1 Å². The number of fused-ring (bicyclic) bond motifs is 1. The Hall–Kier alpha value is -1.22. The third-order valence-electron chi connectivity index (χ3n) is 3.64. The Morgan fingerprint density at radius 1 is 1.15 bits per heavy atom. The SMILES string of the molecule is N[C@H]1CCc2cc(OCc3cc(Cl)ccc3Cl)ccc21. The average Bonchev–Trinajstić information content (AvgIpc) is 2.81. The van der Waals surface area contributed by atoms with Crippen molar-refractivity contribution in [3.63, 3.8) is 0 Å². The number of halogens is 2. The molecule has 0 fully saturated rings. The largest absolute Gasteiger partial charge is 0.489 e. The van der Waals surface area contributed by atoms with Gasteiger partial charge in [0.25, 0.3) is 0 Å². The average molecular weight is 308 g/mol. The molecule has 1 aliphatic rings. The molecule has 0 radical (unpaired) electrons. The van der Waals surface area contributed by atoms with Crippen LogP contribution in [-0.2, 0) is 13.0 Å². The third-order valence-corrected chi connectivity index (χ3v) is 4.24. The van der Waals surface area contributed by atoms with E-state index in [0.717, 1.165) is 24.2 Å². The monoisotopic (exact) mass is 307 g/mol. The molecule has 0 unspecified atom stereocenters. The van der Waals surface area contributed by atoms with Crippen LogP contribution in [0.3, 0.4) is 0 Å². The maximum absolute atomic E-state index is 6.12. The Labute approximate surface area is 128 Å². The maximum Gasteiger partial charge on any atom is 0.120 e. The Bertz CT molecular complexity index is 642. The summed E-state index contributed by atoms with van der Waals surface area (Å²) in [6, 6.07) is 11.6. The summed E-state index contributed by atoms with van der Waals surface area (Å²) < 4.78 is 5.80. The van der Waals surface area contributed by atoms with Gasteiger partial charge in [0.05, 0.1) is 0 Å². The van der Waals surface area contributed by atoms with Crippen LogP contribution < -0.4 is 10.5 Å². The van der Waals surface area contributed by atoms with Gasteiger partial charge in [-0.1, -0.05) is 29.3 Å². The molecule has 1 atom stereocenters. The second-order valence-electron chi connectivity index (χ2n) is 5.03. The Kier molecular flexibility index (Phi) is 3.88. The van der Waals surface area contributed by atoms with E-state index in [-0.39, 0.29) is 6.04 Å². The predicted molar refractivity (Wildman–Crippen MR) is 82.5 cm³/mol. The van der Waals surface area contributed by atoms with Gasteiger partial charge in [0.15, 0.2) is 0 Å². The van der Waals surface area contributed by atoms with Crippen LogP contribution >= 0.6 is 23.2 Å². The lowest BCUT2D eigenvalue weighted by atomic mass is 10.1. The molecule has 2 N–H and O–H groups in total. The Balaban J connectivity index is 1.74. The molecule has 0 aliphatic heterocycles. The van der Waals surface area contributed by atoms with Gasteiger partial charge in [-0.15, -0.1) is 0 Å². The van der Waals surface area contributed by atoms with Gasteiger partial charge in [-0.2, -0.15) is 0 Å². The smallest absolute Gasteiger partial charge is 0.120 e. The first kappa shape index (κ1) is 13.7. The van der Waals surface area contributed by atoms with E-state index in [4.69, 9.17) is 33.7 Å². The fourth-order valence-electron chi connectivity index (χ4n) is 2.53. The lowest BCUT2D eigenvalue weighted by Crippen LogP contribution is -2.05. The maximum atomic E-state index is 6.12. The van der Waals surface area contributed by atoms with Crippen molar-refractivity contribution in [2.75, 3.05) is 0 Å². The van der Waals surface area contributed by atoms with Crippen molar-refractivity contribution in [2.45, 2.75) is 25.5 Å². The molecule has 0 aromatic heterocycles. The zero-order valence-corrected chi connectivity index (χ0v) is 12.4. The van der Waals surface area contributed by atoms with Crippen molar-refractivity contribution < 1.29 is 4.74 Å². The molecule has 4 heteroatoms. The molecular formula is C16H15Cl2NO. The van der Waals surface area contributed by atoms with Gasteiger partial charge in [0.2, 0.25) is 0 Å². The molecule has 0 saturated heterocycles. The van der Waals surface area contributed by atoms with Crippen molar-refractivity contribution in [3.8, 4) is 5.75 Å². The van der Waals surface area contributed by atoms with E-state index >= 15 is 0 Å². The highest BCUT2D eigenvalue weighted by Crippen LogP contribution is 2.32. The summed E-state index contributed by atoms with van der Waals surface area (Å²) >= 11 is 12.1. The molecule has 0 heterocycles. The Morgan fingerprint density at radius 2 is 2.00 bits per heavy atom. The molecule has 2 aromatic rings. The van der Waals surface area contributed by atoms with E-state index in [1.807, 2.05) is 12.1 Å². The molecule has 0 spiro atoms. The molecule has 0 amide bonds. The van der Waals surface area contributed by atoms with Crippen LogP contribution in [0.2, 0.25) is 10.0 Å². The van der Waals surface area contributed by atoms with Crippen LogP contribution in [0.5, 0.6) is 5.75 Å². The number of ether oxygens (including phenoxy) is 1. The van der Waals surface area contributed by atoms with Gasteiger partial charge >= 0.3 is 0 Å². The summed E-state index contributed by atoms with van der Waals surface area (Å²) in [6.07, 6.45) is 2.03. The number of aryl methyl sites for hydroxylation is 1. The molecule has 2 aromatic carbocycles.